The van der Waals surface area contributed by atoms with Gasteiger partial charge in [-0.2, -0.15) is 0 Å². The van der Waals surface area contributed by atoms with Gasteiger partial charge >= 0.3 is 0 Å². The molecule has 0 aromatic heterocycles. The van der Waals surface area contributed by atoms with Gasteiger partial charge in [0, 0.05) is 12.8 Å². The van der Waals surface area contributed by atoms with E-state index in [1.807, 2.05) is 0 Å². The normalized spacial score (nSPS) is 17.5. The monoisotopic (exact) mass is 106 g/mol. The molecule has 2 nitrogen and oxygen atoms in total. The maximum absolute atomic E-state index is 7.07. The lowest BCUT2D eigenvalue weighted by atomic mass is 10.1. The lowest BCUT2D eigenvalue weighted by Crippen LogP contribution is -2.11. The molecule has 40 valence electrons. The van der Waals surface area contributed by atoms with Crippen molar-refractivity contribution in [1.82, 2.24) is 0 Å². The molecule has 2 heteroatoms. The van der Waals surface area contributed by atoms with Gasteiger partial charge in [-0.25, -0.2) is 0 Å². The molecular formula is C6H6N2. The molecule has 1 rings (SSSR count). The Morgan fingerprint density at radius 3 is 2.50 bits per heavy atom. The zero-order valence-electron chi connectivity index (χ0n) is 4.41. The highest BCUT2D eigenvalue weighted by Gasteiger charge is 2.03. The van der Waals surface area contributed by atoms with Crippen molar-refractivity contribution in [3.05, 3.63) is 0 Å². The Kier molecular flexibility index (Phi) is 1.13. The topological polar surface area (TPSA) is 47.7 Å². The summed E-state index contributed by atoms with van der Waals surface area (Å²) in [5.41, 5.74) is 0.569. The van der Waals surface area contributed by atoms with Crippen LogP contribution in [0.3, 0.4) is 0 Å². The van der Waals surface area contributed by atoms with E-state index in [4.69, 9.17) is 10.8 Å². The molecule has 8 heavy (non-hydrogen) atoms. The van der Waals surface area contributed by atoms with Crippen molar-refractivity contribution in [3.63, 3.8) is 0 Å². The fraction of sp³-hybridized carbons (Fsp3) is 0.333. The van der Waals surface area contributed by atoms with Gasteiger partial charge in [-0.1, -0.05) is 5.92 Å². The molecule has 1 aliphatic carbocycles. The zero-order valence-corrected chi connectivity index (χ0v) is 4.41. The fourth-order valence-electron chi connectivity index (χ4n) is 0.539. The third kappa shape index (κ3) is 0.760. The standard InChI is InChI=1S/C6H6N2/c7-5-3-1-2-4-6(5)8/h7-8H,1,3H2. The minimum absolute atomic E-state index is 0.191. The molecule has 1 aliphatic rings. The summed E-state index contributed by atoms with van der Waals surface area (Å²) in [6.45, 7) is 0. The van der Waals surface area contributed by atoms with E-state index in [-0.39, 0.29) is 5.71 Å². The van der Waals surface area contributed by atoms with Crippen molar-refractivity contribution in [2.75, 3.05) is 0 Å². The third-order valence-corrected chi connectivity index (χ3v) is 1.02. The molecule has 0 saturated heterocycles. The average Bonchev–Trinajstić information content (AvgIpc) is 1.77. The van der Waals surface area contributed by atoms with Crippen molar-refractivity contribution in [1.29, 1.82) is 10.8 Å². The predicted molar refractivity (Wildman–Crippen MR) is 32.5 cm³/mol. The quantitative estimate of drug-likeness (QED) is 0.429. The van der Waals surface area contributed by atoms with E-state index in [0.717, 1.165) is 6.42 Å². The van der Waals surface area contributed by atoms with Crippen LogP contribution >= 0.6 is 0 Å². The summed E-state index contributed by atoms with van der Waals surface area (Å²) >= 11 is 0. The van der Waals surface area contributed by atoms with Crippen LogP contribution in [0.25, 0.3) is 0 Å². The van der Waals surface area contributed by atoms with E-state index in [1.165, 1.54) is 0 Å². The zero-order chi connectivity index (χ0) is 5.98. The van der Waals surface area contributed by atoms with Crippen molar-refractivity contribution in [3.8, 4) is 11.8 Å². The van der Waals surface area contributed by atoms with Crippen LogP contribution in [0.4, 0.5) is 0 Å². The van der Waals surface area contributed by atoms with Crippen LogP contribution in [-0.4, -0.2) is 11.4 Å². The molecule has 0 radical (unpaired) electrons. The van der Waals surface area contributed by atoms with E-state index in [9.17, 15) is 0 Å². The van der Waals surface area contributed by atoms with Gasteiger partial charge in [0.25, 0.3) is 0 Å². The van der Waals surface area contributed by atoms with Crippen LogP contribution in [0.2, 0.25) is 0 Å². The van der Waals surface area contributed by atoms with Crippen molar-refractivity contribution >= 4 is 11.4 Å². The summed E-state index contributed by atoms with van der Waals surface area (Å²) in [4.78, 5) is 0. The van der Waals surface area contributed by atoms with Gasteiger partial charge < -0.3 is 5.41 Å². The smallest absolute Gasteiger partial charge is 0.125 e. The predicted octanol–water partition coefficient (Wildman–Crippen LogP) is 0.823. The van der Waals surface area contributed by atoms with Crippen LogP contribution in [-0.2, 0) is 0 Å². The summed E-state index contributed by atoms with van der Waals surface area (Å²) in [5.74, 6) is 5.29. The number of hydrogen-bond donors (Lipinski definition) is 2. The SMILES string of the molecule is N=C1C#CCCC1=N. The van der Waals surface area contributed by atoms with Crippen LogP contribution in [0.15, 0.2) is 0 Å². The molecular weight excluding hydrogens is 100 g/mol. The Morgan fingerprint density at radius 1 is 1.38 bits per heavy atom. The largest absolute Gasteiger partial charge is 0.302 e. The van der Waals surface area contributed by atoms with Gasteiger partial charge in [-0.3, -0.25) is 5.41 Å². The molecule has 0 atom stereocenters. The van der Waals surface area contributed by atoms with E-state index in [0.29, 0.717) is 12.1 Å². The number of nitrogens with one attached hydrogen (secondary N) is 2. The lowest BCUT2D eigenvalue weighted by molar-refractivity contribution is 1.12. The second-order valence-corrected chi connectivity index (χ2v) is 1.66. The summed E-state index contributed by atoms with van der Waals surface area (Å²) in [7, 11) is 0. The highest BCUT2D eigenvalue weighted by Crippen LogP contribution is 1.95. The maximum Gasteiger partial charge on any atom is 0.125 e. The fourth-order valence-corrected chi connectivity index (χ4v) is 0.539. The van der Waals surface area contributed by atoms with Crippen molar-refractivity contribution in [2.45, 2.75) is 12.8 Å². The summed E-state index contributed by atoms with van der Waals surface area (Å²) in [6, 6.07) is 0. The first-order valence-corrected chi connectivity index (χ1v) is 2.46. The second kappa shape index (κ2) is 1.79. The van der Waals surface area contributed by atoms with Crippen molar-refractivity contribution < 1.29 is 0 Å². The van der Waals surface area contributed by atoms with Gasteiger partial charge in [0.05, 0.1) is 5.71 Å². The van der Waals surface area contributed by atoms with Gasteiger partial charge in [-0.05, 0) is 5.92 Å². The second-order valence-electron chi connectivity index (χ2n) is 1.66. The van der Waals surface area contributed by atoms with Crippen LogP contribution in [0.1, 0.15) is 12.8 Å². The highest BCUT2D eigenvalue weighted by atomic mass is 14.5. The maximum atomic E-state index is 7.07. The summed E-state index contributed by atoms with van der Waals surface area (Å²) in [6.07, 6.45) is 1.41. The molecule has 0 fully saturated rings. The van der Waals surface area contributed by atoms with Crippen LogP contribution in [0, 0.1) is 22.7 Å². The summed E-state index contributed by atoms with van der Waals surface area (Å²) in [5, 5.41) is 14.1. The molecule has 0 aromatic carbocycles. The molecule has 0 bridgehead atoms. The van der Waals surface area contributed by atoms with Crippen molar-refractivity contribution in [2.24, 2.45) is 0 Å². The molecule has 0 aliphatic heterocycles. The van der Waals surface area contributed by atoms with Gasteiger partial charge in [-0.15, -0.1) is 0 Å². The molecule has 0 aromatic rings. The molecule has 0 amide bonds. The van der Waals surface area contributed by atoms with Crippen LogP contribution in [0.5, 0.6) is 0 Å². The molecule has 0 saturated carbocycles. The van der Waals surface area contributed by atoms with E-state index >= 15 is 0 Å². The third-order valence-electron chi connectivity index (χ3n) is 1.02. The molecule has 0 unspecified atom stereocenters. The Bertz CT molecular complexity index is 192. The lowest BCUT2D eigenvalue weighted by Gasteiger charge is -1.99. The van der Waals surface area contributed by atoms with E-state index in [2.05, 4.69) is 11.8 Å². The van der Waals surface area contributed by atoms with Gasteiger partial charge in [0.2, 0.25) is 0 Å². The Hall–Kier alpha value is -1.10. The van der Waals surface area contributed by atoms with E-state index in [1.54, 1.807) is 0 Å². The molecule has 2 N–H and O–H groups in total. The molecule has 0 spiro atoms. The first-order valence-electron chi connectivity index (χ1n) is 2.46. The Morgan fingerprint density at radius 2 is 2.12 bits per heavy atom. The van der Waals surface area contributed by atoms with Crippen LogP contribution < -0.4 is 0 Å². The number of hydrogen-bond acceptors (Lipinski definition) is 2. The first-order chi connectivity index (χ1) is 3.80. The van der Waals surface area contributed by atoms with Gasteiger partial charge in [0.15, 0.2) is 0 Å². The number of rotatable bonds is 0. The average molecular weight is 106 g/mol. The molecule has 0 heterocycles. The van der Waals surface area contributed by atoms with Gasteiger partial charge in [0.1, 0.15) is 5.71 Å². The highest BCUT2D eigenvalue weighted by molar-refractivity contribution is 6.47. The minimum Gasteiger partial charge on any atom is -0.302 e. The van der Waals surface area contributed by atoms with E-state index < -0.39 is 0 Å². The Balaban J connectivity index is 2.84. The Labute approximate surface area is 47.9 Å². The summed E-state index contributed by atoms with van der Waals surface area (Å²) < 4.78 is 0. The minimum atomic E-state index is 0.191. The first kappa shape index (κ1) is 5.04.